The van der Waals surface area contributed by atoms with Gasteiger partial charge in [-0.2, -0.15) is 0 Å². The molecule has 0 fully saturated rings. The number of aryl methyl sites for hydroxylation is 1. The summed E-state index contributed by atoms with van der Waals surface area (Å²) in [5.41, 5.74) is 1.62. The molecule has 0 spiro atoms. The van der Waals surface area contributed by atoms with Crippen LogP contribution < -0.4 is 10.6 Å². The maximum Gasteiger partial charge on any atom is 0.335 e. The number of benzene rings is 1. The highest BCUT2D eigenvalue weighted by Crippen LogP contribution is 2.14. The third-order valence-corrected chi connectivity index (χ3v) is 2.54. The number of amides is 1. The van der Waals surface area contributed by atoms with E-state index in [2.05, 4.69) is 10.6 Å². The Morgan fingerprint density at radius 3 is 2.68 bits per heavy atom. The molecule has 6 heteroatoms. The van der Waals surface area contributed by atoms with E-state index >= 15 is 0 Å². The Hall–Kier alpha value is -2.08. The Morgan fingerprint density at radius 2 is 2.11 bits per heavy atom. The van der Waals surface area contributed by atoms with E-state index < -0.39 is 5.97 Å². The zero-order valence-electron chi connectivity index (χ0n) is 11.0. The molecule has 0 saturated carbocycles. The molecule has 6 nitrogen and oxygen atoms in total. The van der Waals surface area contributed by atoms with Gasteiger partial charge in [-0.25, -0.2) is 4.79 Å². The minimum Gasteiger partial charge on any atom is -0.478 e. The van der Waals surface area contributed by atoms with Gasteiger partial charge in [0.1, 0.15) is 0 Å². The number of nitrogens with one attached hydrogen (secondary N) is 2. The first-order valence-electron chi connectivity index (χ1n) is 5.88. The molecule has 0 unspecified atom stereocenters. The Morgan fingerprint density at radius 1 is 1.37 bits per heavy atom. The molecule has 1 aromatic rings. The highest BCUT2D eigenvalue weighted by Gasteiger charge is 2.07. The fraction of sp³-hybridized carbons (Fsp3) is 0.385. The van der Waals surface area contributed by atoms with Crippen LogP contribution in [0.4, 0.5) is 5.69 Å². The van der Waals surface area contributed by atoms with E-state index in [-0.39, 0.29) is 18.0 Å². The number of ether oxygens (including phenoxy) is 1. The second-order valence-corrected chi connectivity index (χ2v) is 4.03. The molecule has 0 aliphatic rings. The number of carboxylic acids is 1. The molecule has 0 radical (unpaired) electrons. The molecule has 0 bridgehead atoms. The van der Waals surface area contributed by atoms with Gasteiger partial charge in [-0.05, 0) is 30.7 Å². The van der Waals surface area contributed by atoms with Crippen molar-refractivity contribution in [3.05, 3.63) is 29.3 Å². The average molecular weight is 266 g/mol. The maximum atomic E-state index is 11.4. The molecule has 1 amide bonds. The second kappa shape index (κ2) is 7.38. The molecule has 0 aliphatic carbocycles. The Kier molecular flexibility index (Phi) is 5.81. The summed E-state index contributed by atoms with van der Waals surface area (Å²) in [6.45, 7) is 2.79. The summed E-state index contributed by atoms with van der Waals surface area (Å²) in [5.74, 6) is -1.10. The zero-order chi connectivity index (χ0) is 14.3. The van der Waals surface area contributed by atoms with Gasteiger partial charge in [-0.15, -0.1) is 0 Å². The molecule has 3 N–H and O–H groups in total. The molecule has 0 saturated heterocycles. The summed E-state index contributed by atoms with van der Waals surface area (Å²) in [6, 6.07) is 4.85. The molecular formula is C13H18N2O4. The van der Waals surface area contributed by atoms with Gasteiger partial charge in [-0.3, -0.25) is 4.79 Å². The van der Waals surface area contributed by atoms with Gasteiger partial charge in [0.05, 0.1) is 18.7 Å². The number of anilines is 1. The minimum absolute atomic E-state index is 0.134. The first kappa shape index (κ1) is 15.0. The van der Waals surface area contributed by atoms with Crippen molar-refractivity contribution in [2.45, 2.75) is 6.92 Å². The van der Waals surface area contributed by atoms with Gasteiger partial charge < -0.3 is 20.5 Å². The summed E-state index contributed by atoms with van der Waals surface area (Å²) in [4.78, 5) is 22.3. The molecule has 1 aromatic carbocycles. The molecular weight excluding hydrogens is 248 g/mol. The molecule has 0 atom stereocenters. The lowest BCUT2D eigenvalue weighted by Crippen LogP contribution is -2.32. The van der Waals surface area contributed by atoms with Crippen LogP contribution in [-0.2, 0) is 9.53 Å². The number of methoxy groups -OCH3 is 1. The number of carbonyl (C=O) groups excluding carboxylic acids is 1. The first-order valence-corrected chi connectivity index (χ1v) is 5.88. The van der Waals surface area contributed by atoms with Gasteiger partial charge in [0.2, 0.25) is 5.91 Å². The molecule has 0 aliphatic heterocycles. The van der Waals surface area contributed by atoms with Crippen LogP contribution >= 0.6 is 0 Å². The fourth-order valence-corrected chi connectivity index (χ4v) is 1.55. The van der Waals surface area contributed by atoms with Gasteiger partial charge in [0, 0.05) is 19.3 Å². The van der Waals surface area contributed by atoms with Gasteiger partial charge >= 0.3 is 5.97 Å². The standard InChI is InChI=1S/C13H18N2O4/c1-9-7-10(3-4-11(9)13(17)18)15-8-12(16)14-5-6-19-2/h3-4,7,15H,5-6,8H2,1-2H3,(H,14,16)(H,17,18). The lowest BCUT2D eigenvalue weighted by Gasteiger charge is -2.09. The lowest BCUT2D eigenvalue weighted by atomic mass is 10.1. The predicted molar refractivity (Wildman–Crippen MR) is 71.5 cm³/mol. The first-order chi connectivity index (χ1) is 9.04. The summed E-state index contributed by atoms with van der Waals surface area (Å²) in [6.07, 6.45) is 0. The summed E-state index contributed by atoms with van der Waals surface area (Å²) in [5, 5.41) is 14.5. The number of hydrogen-bond donors (Lipinski definition) is 3. The van der Waals surface area contributed by atoms with Crippen molar-refractivity contribution in [3.8, 4) is 0 Å². The predicted octanol–water partition coefficient (Wildman–Crippen LogP) is 0.868. The SMILES string of the molecule is COCCNC(=O)CNc1ccc(C(=O)O)c(C)c1. The smallest absolute Gasteiger partial charge is 0.335 e. The Balaban J connectivity index is 2.48. The van der Waals surface area contributed by atoms with Crippen molar-refractivity contribution in [1.29, 1.82) is 0 Å². The van der Waals surface area contributed by atoms with Crippen LogP contribution in [0.25, 0.3) is 0 Å². The van der Waals surface area contributed by atoms with Crippen LogP contribution in [0.5, 0.6) is 0 Å². The van der Waals surface area contributed by atoms with Gasteiger partial charge in [0.25, 0.3) is 0 Å². The third kappa shape index (κ3) is 4.97. The van der Waals surface area contributed by atoms with Crippen molar-refractivity contribution >= 4 is 17.6 Å². The molecule has 0 aromatic heterocycles. The van der Waals surface area contributed by atoms with Crippen LogP contribution in [0.15, 0.2) is 18.2 Å². The van der Waals surface area contributed by atoms with Gasteiger partial charge in [0.15, 0.2) is 0 Å². The van der Waals surface area contributed by atoms with E-state index in [1.807, 2.05) is 0 Å². The quantitative estimate of drug-likeness (QED) is 0.637. The van der Waals surface area contributed by atoms with Crippen molar-refractivity contribution in [3.63, 3.8) is 0 Å². The third-order valence-electron chi connectivity index (χ3n) is 2.54. The summed E-state index contributed by atoms with van der Waals surface area (Å²) >= 11 is 0. The normalized spacial score (nSPS) is 10.0. The highest BCUT2D eigenvalue weighted by molar-refractivity contribution is 5.90. The zero-order valence-corrected chi connectivity index (χ0v) is 11.0. The van der Waals surface area contributed by atoms with Crippen molar-refractivity contribution in [2.75, 3.05) is 32.1 Å². The fourth-order valence-electron chi connectivity index (χ4n) is 1.55. The summed E-state index contributed by atoms with van der Waals surface area (Å²) < 4.78 is 4.82. The van der Waals surface area contributed by atoms with Crippen LogP contribution in [0.2, 0.25) is 0 Å². The van der Waals surface area contributed by atoms with E-state index in [1.165, 1.54) is 6.07 Å². The van der Waals surface area contributed by atoms with Crippen LogP contribution in [0.3, 0.4) is 0 Å². The van der Waals surface area contributed by atoms with E-state index in [1.54, 1.807) is 26.2 Å². The Bertz CT molecular complexity index is 460. The monoisotopic (exact) mass is 266 g/mol. The van der Waals surface area contributed by atoms with Crippen LogP contribution in [0, 0.1) is 6.92 Å². The lowest BCUT2D eigenvalue weighted by molar-refractivity contribution is -0.119. The molecule has 104 valence electrons. The van der Waals surface area contributed by atoms with E-state index in [4.69, 9.17) is 9.84 Å². The van der Waals surface area contributed by atoms with Crippen LogP contribution in [0.1, 0.15) is 15.9 Å². The number of rotatable bonds is 7. The molecule has 19 heavy (non-hydrogen) atoms. The average Bonchev–Trinajstić information content (AvgIpc) is 2.36. The number of aromatic carboxylic acids is 1. The summed E-state index contributed by atoms with van der Waals surface area (Å²) in [7, 11) is 1.57. The van der Waals surface area contributed by atoms with Crippen LogP contribution in [-0.4, -0.2) is 43.8 Å². The number of hydrogen-bond acceptors (Lipinski definition) is 4. The van der Waals surface area contributed by atoms with Crippen molar-refractivity contribution in [1.82, 2.24) is 5.32 Å². The second-order valence-electron chi connectivity index (χ2n) is 4.03. The number of carboxylic acid groups (broad SMARTS) is 1. The topological polar surface area (TPSA) is 87.7 Å². The van der Waals surface area contributed by atoms with E-state index in [0.717, 1.165) is 0 Å². The largest absolute Gasteiger partial charge is 0.478 e. The van der Waals surface area contributed by atoms with Crippen molar-refractivity contribution < 1.29 is 19.4 Å². The highest BCUT2D eigenvalue weighted by atomic mass is 16.5. The van der Waals surface area contributed by atoms with E-state index in [0.29, 0.717) is 24.4 Å². The number of carbonyl (C=O) groups is 2. The molecule has 0 heterocycles. The molecule has 1 rings (SSSR count). The maximum absolute atomic E-state index is 11.4. The minimum atomic E-state index is -0.957. The van der Waals surface area contributed by atoms with E-state index in [9.17, 15) is 9.59 Å². The Labute approximate surface area is 111 Å². The van der Waals surface area contributed by atoms with Crippen molar-refractivity contribution in [2.24, 2.45) is 0 Å². The van der Waals surface area contributed by atoms with Gasteiger partial charge in [-0.1, -0.05) is 0 Å².